The number of hydrogen-bond donors (Lipinski definition) is 2. The first-order valence-electron chi connectivity index (χ1n) is 5.18. The summed E-state index contributed by atoms with van der Waals surface area (Å²) in [5, 5.41) is 11.0. The maximum atomic E-state index is 11.5. The largest absolute Gasteiger partial charge is 0.497 e. The molecule has 2 N–H and O–H groups in total. The van der Waals surface area contributed by atoms with Gasteiger partial charge in [0.25, 0.3) is 0 Å². The van der Waals surface area contributed by atoms with Crippen LogP contribution < -0.4 is 10.1 Å². The van der Waals surface area contributed by atoms with Gasteiger partial charge in [-0.2, -0.15) is 0 Å². The Morgan fingerprint density at radius 3 is 2.41 bits per heavy atom. The summed E-state index contributed by atoms with van der Waals surface area (Å²) >= 11 is 0. The molecule has 0 aliphatic heterocycles. The van der Waals surface area contributed by atoms with Crippen molar-refractivity contribution in [2.24, 2.45) is 0 Å². The summed E-state index contributed by atoms with van der Waals surface area (Å²) in [6, 6.07) is 6.17. The molecule has 0 unspecified atom stereocenters. The minimum atomic E-state index is -1.05. The number of benzene rings is 1. The smallest absolute Gasteiger partial charge is 0.325 e. The fraction of sp³-hybridized carbons (Fsp3) is 0.333. The Morgan fingerprint density at radius 1 is 1.35 bits per heavy atom. The SMILES string of the molecule is COc1ccc(CC(=O)N[C@H](C)C(=O)O)cc1. The highest BCUT2D eigenvalue weighted by Crippen LogP contribution is 2.11. The second-order valence-electron chi connectivity index (χ2n) is 3.65. The van der Waals surface area contributed by atoms with Crippen molar-refractivity contribution in [1.82, 2.24) is 5.32 Å². The van der Waals surface area contributed by atoms with Crippen LogP contribution in [0.2, 0.25) is 0 Å². The molecule has 1 rings (SSSR count). The summed E-state index contributed by atoms with van der Waals surface area (Å²) < 4.78 is 4.99. The number of amides is 1. The summed E-state index contributed by atoms with van der Waals surface area (Å²) in [6.45, 7) is 1.42. The maximum absolute atomic E-state index is 11.5. The molecule has 0 fully saturated rings. The maximum Gasteiger partial charge on any atom is 0.325 e. The zero-order chi connectivity index (χ0) is 12.8. The zero-order valence-corrected chi connectivity index (χ0v) is 9.77. The van der Waals surface area contributed by atoms with Crippen molar-refractivity contribution < 1.29 is 19.4 Å². The van der Waals surface area contributed by atoms with Crippen LogP contribution in [0.5, 0.6) is 5.75 Å². The molecule has 0 saturated heterocycles. The summed E-state index contributed by atoms with van der Waals surface area (Å²) in [5.41, 5.74) is 0.806. The van der Waals surface area contributed by atoms with Gasteiger partial charge in [0.2, 0.25) is 5.91 Å². The standard InChI is InChI=1S/C12H15NO4/c1-8(12(15)16)13-11(14)7-9-3-5-10(17-2)6-4-9/h3-6,8H,7H2,1-2H3,(H,13,14)(H,15,16)/t8-/m1/s1. The number of carbonyl (C=O) groups is 2. The third-order valence-electron chi connectivity index (χ3n) is 2.27. The van der Waals surface area contributed by atoms with Crippen LogP contribution in [-0.2, 0) is 16.0 Å². The van der Waals surface area contributed by atoms with Gasteiger partial charge in [-0.15, -0.1) is 0 Å². The van der Waals surface area contributed by atoms with Gasteiger partial charge in [0.05, 0.1) is 13.5 Å². The van der Waals surface area contributed by atoms with E-state index >= 15 is 0 Å². The molecule has 0 aliphatic rings. The van der Waals surface area contributed by atoms with Crippen LogP contribution in [-0.4, -0.2) is 30.1 Å². The molecule has 0 aliphatic carbocycles. The van der Waals surface area contributed by atoms with Crippen LogP contribution in [0, 0.1) is 0 Å². The molecular weight excluding hydrogens is 222 g/mol. The van der Waals surface area contributed by atoms with Crippen LogP contribution in [0.25, 0.3) is 0 Å². The van der Waals surface area contributed by atoms with E-state index in [0.29, 0.717) is 5.75 Å². The summed E-state index contributed by atoms with van der Waals surface area (Å²) in [4.78, 5) is 22.0. The topological polar surface area (TPSA) is 75.6 Å². The number of carbonyl (C=O) groups excluding carboxylic acids is 1. The quantitative estimate of drug-likeness (QED) is 0.795. The Bertz CT molecular complexity index is 399. The molecular formula is C12H15NO4. The number of methoxy groups -OCH3 is 1. The highest BCUT2D eigenvalue weighted by Gasteiger charge is 2.13. The summed E-state index contributed by atoms with van der Waals surface area (Å²) in [7, 11) is 1.57. The fourth-order valence-electron chi connectivity index (χ4n) is 1.28. The van der Waals surface area contributed by atoms with Crippen molar-refractivity contribution in [2.75, 3.05) is 7.11 Å². The molecule has 1 amide bonds. The van der Waals surface area contributed by atoms with E-state index in [4.69, 9.17) is 9.84 Å². The van der Waals surface area contributed by atoms with Crippen molar-refractivity contribution in [1.29, 1.82) is 0 Å². The number of hydrogen-bond acceptors (Lipinski definition) is 3. The summed E-state index contributed by atoms with van der Waals surface area (Å²) in [5.74, 6) is -0.647. The molecule has 5 nitrogen and oxygen atoms in total. The van der Waals surface area contributed by atoms with E-state index < -0.39 is 12.0 Å². The molecule has 1 aromatic carbocycles. The number of ether oxygens (including phenoxy) is 1. The predicted octanol–water partition coefficient (Wildman–Crippen LogP) is 0.827. The Kier molecular flexibility index (Phi) is 4.51. The van der Waals surface area contributed by atoms with E-state index in [1.165, 1.54) is 6.92 Å². The van der Waals surface area contributed by atoms with Crippen LogP contribution in [0.4, 0.5) is 0 Å². The van der Waals surface area contributed by atoms with E-state index in [-0.39, 0.29) is 12.3 Å². The van der Waals surface area contributed by atoms with Gasteiger partial charge >= 0.3 is 5.97 Å². The van der Waals surface area contributed by atoms with Gasteiger partial charge in [0.1, 0.15) is 11.8 Å². The Balaban J connectivity index is 2.53. The molecule has 0 radical (unpaired) electrons. The molecule has 5 heteroatoms. The molecule has 0 aromatic heterocycles. The lowest BCUT2D eigenvalue weighted by atomic mass is 10.1. The predicted molar refractivity (Wildman–Crippen MR) is 61.9 cm³/mol. The molecule has 92 valence electrons. The normalized spacial score (nSPS) is 11.6. The third kappa shape index (κ3) is 4.14. The first kappa shape index (κ1) is 13.0. The van der Waals surface area contributed by atoms with Gasteiger partial charge < -0.3 is 15.2 Å². The second-order valence-corrected chi connectivity index (χ2v) is 3.65. The third-order valence-corrected chi connectivity index (χ3v) is 2.27. The molecule has 1 atom stereocenters. The lowest BCUT2D eigenvalue weighted by Crippen LogP contribution is -2.39. The molecule has 0 bridgehead atoms. The van der Waals surface area contributed by atoms with Crippen molar-refractivity contribution in [3.8, 4) is 5.75 Å². The van der Waals surface area contributed by atoms with Crippen molar-refractivity contribution >= 4 is 11.9 Å². The van der Waals surface area contributed by atoms with Crippen LogP contribution in [0.1, 0.15) is 12.5 Å². The second kappa shape index (κ2) is 5.89. The molecule has 0 saturated carbocycles. The average molecular weight is 237 g/mol. The highest BCUT2D eigenvalue weighted by atomic mass is 16.5. The van der Waals surface area contributed by atoms with E-state index in [1.807, 2.05) is 0 Å². The monoisotopic (exact) mass is 237 g/mol. The van der Waals surface area contributed by atoms with E-state index in [9.17, 15) is 9.59 Å². The Morgan fingerprint density at radius 2 is 1.94 bits per heavy atom. The van der Waals surface area contributed by atoms with E-state index in [0.717, 1.165) is 5.56 Å². The van der Waals surface area contributed by atoms with Gasteiger partial charge in [-0.3, -0.25) is 9.59 Å². The van der Waals surface area contributed by atoms with Crippen molar-refractivity contribution in [3.63, 3.8) is 0 Å². The van der Waals surface area contributed by atoms with Gasteiger partial charge in [-0.25, -0.2) is 0 Å². The van der Waals surface area contributed by atoms with Crippen molar-refractivity contribution in [2.45, 2.75) is 19.4 Å². The minimum absolute atomic E-state index is 0.154. The average Bonchev–Trinajstić information content (AvgIpc) is 2.29. The number of carboxylic acids is 1. The van der Waals surface area contributed by atoms with Crippen LogP contribution in [0.3, 0.4) is 0 Å². The van der Waals surface area contributed by atoms with Crippen LogP contribution >= 0.6 is 0 Å². The van der Waals surface area contributed by atoms with Crippen LogP contribution in [0.15, 0.2) is 24.3 Å². The number of carboxylic acid groups (broad SMARTS) is 1. The highest BCUT2D eigenvalue weighted by molar-refractivity contribution is 5.84. The Labute approximate surface area is 99.4 Å². The van der Waals surface area contributed by atoms with Gasteiger partial charge in [0, 0.05) is 0 Å². The van der Waals surface area contributed by atoms with Gasteiger partial charge in [0.15, 0.2) is 0 Å². The lowest BCUT2D eigenvalue weighted by Gasteiger charge is -2.09. The van der Waals surface area contributed by atoms with Crippen molar-refractivity contribution in [3.05, 3.63) is 29.8 Å². The lowest BCUT2D eigenvalue weighted by molar-refractivity contribution is -0.141. The fourth-order valence-corrected chi connectivity index (χ4v) is 1.28. The molecule has 0 heterocycles. The first-order chi connectivity index (χ1) is 8.02. The molecule has 17 heavy (non-hydrogen) atoms. The van der Waals surface area contributed by atoms with Gasteiger partial charge in [-0.05, 0) is 24.6 Å². The van der Waals surface area contributed by atoms with Gasteiger partial charge in [-0.1, -0.05) is 12.1 Å². The van der Waals surface area contributed by atoms with E-state index in [2.05, 4.69) is 5.32 Å². The first-order valence-corrected chi connectivity index (χ1v) is 5.18. The number of rotatable bonds is 5. The zero-order valence-electron chi connectivity index (χ0n) is 9.77. The number of nitrogens with one attached hydrogen (secondary N) is 1. The molecule has 1 aromatic rings. The van der Waals surface area contributed by atoms with E-state index in [1.54, 1.807) is 31.4 Å². The number of aliphatic carboxylic acids is 1. The Hall–Kier alpha value is -2.04. The molecule has 0 spiro atoms. The summed E-state index contributed by atoms with van der Waals surface area (Å²) in [6.07, 6.45) is 0.154. The minimum Gasteiger partial charge on any atom is -0.497 e.